The van der Waals surface area contributed by atoms with Crippen LogP contribution in [0.4, 0.5) is 13.6 Å². The predicted octanol–water partition coefficient (Wildman–Crippen LogP) is 2.70. The number of hydrogen-bond acceptors (Lipinski definition) is 5. The summed E-state index contributed by atoms with van der Waals surface area (Å²) in [4.78, 5) is 21.8. The van der Waals surface area contributed by atoms with Crippen LogP contribution in [0, 0.1) is 11.6 Å². The van der Waals surface area contributed by atoms with Crippen molar-refractivity contribution in [1.29, 1.82) is 0 Å². The zero-order chi connectivity index (χ0) is 18.2. The van der Waals surface area contributed by atoms with Crippen LogP contribution in [-0.2, 0) is 9.47 Å². The fraction of sp³-hybridized carbons (Fsp3) is 0.500. The van der Waals surface area contributed by atoms with Gasteiger partial charge in [0, 0.05) is 12.1 Å². The lowest BCUT2D eigenvalue weighted by Gasteiger charge is -2.19. The number of hydrogen-bond donors (Lipinski definition) is 1. The zero-order valence-electron chi connectivity index (χ0n) is 13.9. The van der Waals surface area contributed by atoms with Crippen molar-refractivity contribution < 1.29 is 32.6 Å². The summed E-state index contributed by atoms with van der Waals surface area (Å²) in [6.07, 6.45) is -0.210. The molecule has 0 radical (unpaired) electrons. The Kier molecular flexibility index (Phi) is 7.57. The molecular formula is C16H21F2NO5. The van der Waals surface area contributed by atoms with Crippen molar-refractivity contribution in [2.24, 2.45) is 0 Å². The quantitative estimate of drug-likeness (QED) is 0.579. The minimum atomic E-state index is -0.955. The van der Waals surface area contributed by atoms with Gasteiger partial charge in [-0.1, -0.05) is 0 Å². The fourth-order valence-corrected chi connectivity index (χ4v) is 1.63. The first-order chi connectivity index (χ1) is 11.2. The largest absolute Gasteiger partial charge is 0.485 e. The molecule has 0 heterocycles. The lowest BCUT2D eigenvalue weighted by molar-refractivity contribution is 0.0487. The van der Waals surface area contributed by atoms with Gasteiger partial charge < -0.3 is 19.5 Å². The molecular weight excluding hydrogens is 324 g/mol. The van der Waals surface area contributed by atoms with E-state index in [-0.39, 0.29) is 31.9 Å². The zero-order valence-corrected chi connectivity index (χ0v) is 13.9. The molecule has 0 bridgehead atoms. The van der Waals surface area contributed by atoms with Gasteiger partial charge in [0.1, 0.15) is 18.5 Å². The third-order valence-electron chi connectivity index (χ3n) is 2.55. The third kappa shape index (κ3) is 7.36. The Morgan fingerprint density at radius 3 is 2.33 bits per heavy atom. The molecule has 0 spiro atoms. The van der Waals surface area contributed by atoms with Crippen LogP contribution in [0.3, 0.4) is 0 Å². The Bertz CT molecular complexity index is 549. The molecule has 1 N–H and O–H groups in total. The third-order valence-corrected chi connectivity index (χ3v) is 2.55. The van der Waals surface area contributed by atoms with Crippen molar-refractivity contribution in [2.45, 2.75) is 26.4 Å². The summed E-state index contributed by atoms with van der Waals surface area (Å²) in [6, 6.07) is 1.77. The molecule has 0 aliphatic rings. The smallest absolute Gasteiger partial charge is 0.407 e. The van der Waals surface area contributed by atoms with E-state index in [4.69, 9.17) is 14.2 Å². The predicted molar refractivity (Wildman–Crippen MR) is 82.3 cm³/mol. The van der Waals surface area contributed by atoms with Crippen LogP contribution in [0.15, 0.2) is 12.1 Å². The van der Waals surface area contributed by atoms with E-state index in [1.807, 2.05) is 0 Å². The van der Waals surface area contributed by atoms with Crippen LogP contribution in [0.1, 0.15) is 31.1 Å². The van der Waals surface area contributed by atoms with E-state index in [0.29, 0.717) is 6.29 Å². The molecule has 0 saturated heterocycles. The maximum absolute atomic E-state index is 13.5. The lowest BCUT2D eigenvalue weighted by atomic mass is 10.2. The average Bonchev–Trinajstić information content (AvgIpc) is 2.46. The summed E-state index contributed by atoms with van der Waals surface area (Å²) in [5, 5.41) is 2.50. The van der Waals surface area contributed by atoms with Crippen molar-refractivity contribution in [3.8, 4) is 5.75 Å². The number of halogens is 2. The number of carbonyl (C=O) groups excluding carboxylic acids is 2. The number of benzene rings is 1. The minimum Gasteiger partial charge on any atom is -0.485 e. The molecule has 1 aromatic carbocycles. The standard InChI is InChI=1S/C16H21F2NO5/c1-16(2,3)24-15(21)19-4-5-22-6-7-23-14-12(17)8-11(10-20)9-13(14)18/h8-10H,4-7H2,1-3H3,(H,19,21). The molecule has 1 rings (SSSR count). The van der Waals surface area contributed by atoms with Gasteiger partial charge in [-0.3, -0.25) is 4.79 Å². The first kappa shape index (κ1) is 19.8. The molecule has 0 fully saturated rings. The molecule has 8 heteroatoms. The molecule has 0 saturated carbocycles. The molecule has 0 aliphatic heterocycles. The van der Waals surface area contributed by atoms with Gasteiger partial charge in [0.25, 0.3) is 0 Å². The summed E-state index contributed by atoms with van der Waals surface area (Å²) < 4.78 is 42.2. The molecule has 0 aromatic heterocycles. The summed E-state index contributed by atoms with van der Waals surface area (Å²) >= 11 is 0. The van der Waals surface area contributed by atoms with Crippen molar-refractivity contribution in [3.63, 3.8) is 0 Å². The summed E-state index contributed by atoms with van der Waals surface area (Å²) in [5.41, 5.74) is -0.686. The Hall–Kier alpha value is -2.22. The van der Waals surface area contributed by atoms with E-state index < -0.39 is 29.1 Å². The van der Waals surface area contributed by atoms with E-state index in [1.165, 1.54) is 0 Å². The van der Waals surface area contributed by atoms with Gasteiger partial charge in [0.2, 0.25) is 0 Å². The van der Waals surface area contributed by atoms with Crippen LogP contribution < -0.4 is 10.1 Å². The highest BCUT2D eigenvalue weighted by Crippen LogP contribution is 2.22. The molecule has 1 amide bonds. The first-order valence-electron chi connectivity index (χ1n) is 7.34. The molecule has 0 unspecified atom stereocenters. The fourth-order valence-electron chi connectivity index (χ4n) is 1.63. The normalized spacial score (nSPS) is 11.0. The number of carbonyl (C=O) groups is 2. The monoisotopic (exact) mass is 345 g/mol. The molecule has 6 nitrogen and oxygen atoms in total. The highest BCUT2D eigenvalue weighted by Gasteiger charge is 2.15. The molecule has 0 aliphatic carbocycles. The van der Waals surface area contributed by atoms with Crippen molar-refractivity contribution in [1.82, 2.24) is 5.32 Å². The second kappa shape index (κ2) is 9.17. The van der Waals surface area contributed by atoms with Gasteiger partial charge >= 0.3 is 6.09 Å². The summed E-state index contributed by atoms with van der Waals surface area (Å²) in [6.45, 7) is 5.66. The van der Waals surface area contributed by atoms with E-state index in [1.54, 1.807) is 20.8 Å². The van der Waals surface area contributed by atoms with Crippen LogP contribution in [0.5, 0.6) is 5.75 Å². The van der Waals surface area contributed by atoms with Crippen molar-refractivity contribution in [2.75, 3.05) is 26.4 Å². The van der Waals surface area contributed by atoms with Gasteiger partial charge in [-0.05, 0) is 32.9 Å². The van der Waals surface area contributed by atoms with Gasteiger partial charge in [0.05, 0.1) is 13.2 Å². The van der Waals surface area contributed by atoms with E-state index in [9.17, 15) is 18.4 Å². The van der Waals surface area contributed by atoms with Gasteiger partial charge in [-0.15, -0.1) is 0 Å². The van der Waals surface area contributed by atoms with Gasteiger partial charge in [0.15, 0.2) is 17.4 Å². The van der Waals surface area contributed by atoms with E-state index in [0.717, 1.165) is 12.1 Å². The average molecular weight is 345 g/mol. The molecule has 24 heavy (non-hydrogen) atoms. The second-order valence-electron chi connectivity index (χ2n) is 5.82. The van der Waals surface area contributed by atoms with E-state index in [2.05, 4.69) is 5.32 Å². The number of alkyl carbamates (subject to hydrolysis) is 1. The SMILES string of the molecule is CC(C)(C)OC(=O)NCCOCCOc1c(F)cc(C=O)cc1F. The Morgan fingerprint density at radius 2 is 1.79 bits per heavy atom. The number of amides is 1. The van der Waals surface area contributed by atoms with Crippen molar-refractivity contribution >= 4 is 12.4 Å². The molecule has 134 valence electrons. The maximum Gasteiger partial charge on any atom is 0.407 e. The Balaban J connectivity index is 2.21. The minimum absolute atomic E-state index is 0.0737. The second-order valence-corrected chi connectivity index (χ2v) is 5.82. The number of nitrogens with one attached hydrogen (secondary N) is 1. The summed E-state index contributed by atoms with van der Waals surface area (Å²) in [7, 11) is 0. The summed E-state index contributed by atoms with van der Waals surface area (Å²) in [5.74, 6) is -2.47. The van der Waals surface area contributed by atoms with Crippen LogP contribution in [0.25, 0.3) is 0 Å². The first-order valence-corrected chi connectivity index (χ1v) is 7.34. The van der Waals surface area contributed by atoms with Crippen LogP contribution >= 0.6 is 0 Å². The number of ether oxygens (including phenoxy) is 3. The Labute approximate surface area is 139 Å². The number of aldehydes is 1. The van der Waals surface area contributed by atoms with Crippen molar-refractivity contribution in [3.05, 3.63) is 29.3 Å². The number of rotatable bonds is 8. The van der Waals surface area contributed by atoms with Gasteiger partial charge in [-0.25, -0.2) is 13.6 Å². The topological polar surface area (TPSA) is 73.9 Å². The van der Waals surface area contributed by atoms with E-state index >= 15 is 0 Å². The molecule has 1 aromatic rings. The highest BCUT2D eigenvalue weighted by molar-refractivity contribution is 5.75. The highest BCUT2D eigenvalue weighted by atomic mass is 19.1. The molecule has 0 atom stereocenters. The lowest BCUT2D eigenvalue weighted by Crippen LogP contribution is -2.34. The maximum atomic E-state index is 13.5. The van der Waals surface area contributed by atoms with Gasteiger partial charge in [-0.2, -0.15) is 0 Å². The van der Waals surface area contributed by atoms with Crippen LogP contribution in [-0.4, -0.2) is 44.3 Å². The Morgan fingerprint density at radius 1 is 1.17 bits per heavy atom. The van der Waals surface area contributed by atoms with Crippen LogP contribution in [0.2, 0.25) is 0 Å².